The van der Waals surface area contributed by atoms with Crippen LogP contribution >= 0.6 is 15.9 Å². The number of anilines is 1. The Morgan fingerprint density at radius 2 is 1.50 bits per heavy atom. The molecule has 3 aromatic rings. The van der Waals surface area contributed by atoms with E-state index in [4.69, 9.17) is 0 Å². The van der Waals surface area contributed by atoms with Gasteiger partial charge in [0.25, 0.3) is 10.0 Å². The first kappa shape index (κ1) is 31.4. The van der Waals surface area contributed by atoms with Crippen LogP contribution < -0.4 is 9.62 Å². The van der Waals surface area contributed by atoms with Crippen molar-refractivity contribution >= 4 is 43.5 Å². The van der Waals surface area contributed by atoms with Crippen LogP contribution in [0.1, 0.15) is 48.9 Å². The van der Waals surface area contributed by atoms with Gasteiger partial charge in [-0.25, -0.2) is 8.42 Å². The summed E-state index contributed by atoms with van der Waals surface area (Å²) >= 11 is 3.43. The zero-order valence-electron chi connectivity index (χ0n) is 23.8. The standard InChI is InChI=1S/C31H38BrN3O4S/c1-6-7-16-33-31(37)25(5)34(20-26-10-12-27(32)13-11-26)30(36)21-35(28-18-23(3)17-24(4)19-28)40(38,39)29-14-8-22(2)9-15-29/h8-15,17-19,25H,6-7,16,20-21H2,1-5H3,(H,33,37)/t25-/m1/s1. The van der Waals surface area contributed by atoms with Crippen LogP contribution in [-0.2, 0) is 26.2 Å². The summed E-state index contributed by atoms with van der Waals surface area (Å²) in [6, 6.07) is 18.7. The number of hydrogen-bond acceptors (Lipinski definition) is 4. The van der Waals surface area contributed by atoms with E-state index in [1.807, 2.05) is 58.0 Å². The fraction of sp³-hybridized carbons (Fsp3) is 0.355. The molecular weight excluding hydrogens is 590 g/mol. The molecule has 0 radical (unpaired) electrons. The lowest BCUT2D eigenvalue weighted by atomic mass is 10.1. The van der Waals surface area contributed by atoms with Gasteiger partial charge in [0, 0.05) is 17.6 Å². The number of sulfonamides is 1. The predicted octanol–water partition coefficient (Wildman–Crippen LogP) is 5.90. The smallest absolute Gasteiger partial charge is 0.264 e. The van der Waals surface area contributed by atoms with Gasteiger partial charge >= 0.3 is 0 Å². The van der Waals surface area contributed by atoms with Gasteiger partial charge in [-0.3, -0.25) is 13.9 Å². The molecular formula is C31H38BrN3O4S. The first-order valence-electron chi connectivity index (χ1n) is 13.4. The van der Waals surface area contributed by atoms with Crippen molar-refractivity contribution in [3.63, 3.8) is 0 Å². The maximum atomic E-state index is 14.0. The SMILES string of the molecule is CCCCNC(=O)[C@@H](C)N(Cc1ccc(Br)cc1)C(=O)CN(c1cc(C)cc(C)c1)S(=O)(=O)c1ccc(C)cc1. The molecule has 2 amide bonds. The third-order valence-electron chi connectivity index (χ3n) is 6.65. The number of rotatable bonds is 12. The minimum atomic E-state index is -4.10. The third kappa shape index (κ3) is 8.17. The Hall–Kier alpha value is -3.17. The van der Waals surface area contributed by atoms with Gasteiger partial charge in [0.1, 0.15) is 12.6 Å². The number of carbonyl (C=O) groups excluding carboxylic acids is 2. The van der Waals surface area contributed by atoms with E-state index in [1.165, 1.54) is 4.90 Å². The van der Waals surface area contributed by atoms with Crippen LogP contribution in [0.15, 0.2) is 76.1 Å². The molecule has 0 aliphatic rings. The number of nitrogens with zero attached hydrogens (tertiary/aromatic N) is 2. The number of carbonyl (C=O) groups is 2. The normalized spacial score (nSPS) is 12.1. The predicted molar refractivity (Wildman–Crippen MR) is 164 cm³/mol. The number of amides is 2. The van der Waals surface area contributed by atoms with E-state index >= 15 is 0 Å². The van der Waals surface area contributed by atoms with E-state index in [2.05, 4.69) is 21.2 Å². The van der Waals surface area contributed by atoms with Crippen LogP contribution in [0.25, 0.3) is 0 Å². The zero-order valence-corrected chi connectivity index (χ0v) is 26.2. The van der Waals surface area contributed by atoms with Gasteiger partial charge in [-0.15, -0.1) is 0 Å². The van der Waals surface area contributed by atoms with E-state index in [9.17, 15) is 18.0 Å². The van der Waals surface area contributed by atoms with Crippen molar-refractivity contribution in [3.05, 3.63) is 93.5 Å². The molecule has 0 aliphatic heterocycles. The van der Waals surface area contributed by atoms with Crippen LogP contribution in [0.4, 0.5) is 5.69 Å². The maximum Gasteiger partial charge on any atom is 0.264 e. The molecule has 0 saturated carbocycles. The van der Waals surface area contributed by atoms with Gasteiger partial charge in [-0.1, -0.05) is 65.2 Å². The molecule has 3 rings (SSSR count). The Morgan fingerprint density at radius 3 is 2.08 bits per heavy atom. The van der Waals surface area contributed by atoms with E-state index in [-0.39, 0.29) is 17.3 Å². The summed E-state index contributed by atoms with van der Waals surface area (Å²) in [7, 11) is -4.10. The Kier molecular flexibility index (Phi) is 10.9. The molecule has 9 heteroatoms. The molecule has 0 heterocycles. The fourth-order valence-corrected chi connectivity index (χ4v) is 6.03. The Morgan fingerprint density at radius 1 is 0.900 bits per heavy atom. The molecule has 0 aromatic heterocycles. The summed E-state index contributed by atoms with van der Waals surface area (Å²) in [5.74, 6) is -0.755. The van der Waals surface area contributed by atoms with Gasteiger partial charge in [0.05, 0.1) is 10.6 Å². The van der Waals surface area contributed by atoms with E-state index in [1.54, 1.807) is 43.3 Å². The summed E-state index contributed by atoms with van der Waals surface area (Å²) in [6.45, 7) is 9.57. The highest BCUT2D eigenvalue weighted by molar-refractivity contribution is 9.10. The average Bonchev–Trinajstić information content (AvgIpc) is 2.90. The molecule has 0 spiro atoms. The lowest BCUT2D eigenvalue weighted by Crippen LogP contribution is -2.51. The van der Waals surface area contributed by atoms with Crippen molar-refractivity contribution in [2.75, 3.05) is 17.4 Å². The molecule has 0 aliphatic carbocycles. The second kappa shape index (κ2) is 13.9. The highest BCUT2D eigenvalue weighted by Crippen LogP contribution is 2.27. The summed E-state index contributed by atoms with van der Waals surface area (Å²) in [5.41, 5.74) is 3.90. The fourth-order valence-electron chi connectivity index (χ4n) is 4.37. The number of hydrogen-bond donors (Lipinski definition) is 1. The number of benzene rings is 3. The van der Waals surface area contributed by atoms with Crippen molar-refractivity contribution in [2.24, 2.45) is 0 Å². The Balaban J connectivity index is 2.03. The van der Waals surface area contributed by atoms with Crippen molar-refractivity contribution in [3.8, 4) is 0 Å². The zero-order chi connectivity index (χ0) is 29.4. The van der Waals surface area contributed by atoms with E-state index in [0.717, 1.165) is 43.9 Å². The first-order valence-corrected chi connectivity index (χ1v) is 15.6. The highest BCUT2D eigenvalue weighted by atomic mass is 79.9. The maximum absolute atomic E-state index is 14.0. The van der Waals surface area contributed by atoms with Crippen molar-refractivity contribution in [1.29, 1.82) is 0 Å². The van der Waals surface area contributed by atoms with E-state index < -0.39 is 28.5 Å². The molecule has 3 aromatic carbocycles. The summed E-state index contributed by atoms with van der Waals surface area (Å²) in [5, 5.41) is 2.90. The molecule has 1 atom stereocenters. The Bertz CT molecular complexity index is 1400. The van der Waals surface area contributed by atoms with Crippen LogP contribution in [0, 0.1) is 20.8 Å². The van der Waals surface area contributed by atoms with Gasteiger partial charge in [0.15, 0.2) is 0 Å². The van der Waals surface area contributed by atoms with Crippen LogP contribution in [-0.4, -0.2) is 44.3 Å². The topological polar surface area (TPSA) is 86.8 Å². The highest BCUT2D eigenvalue weighted by Gasteiger charge is 2.32. The second-order valence-electron chi connectivity index (χ2n) is 10.1. The third-order valence-corrected chi connectivity index (χ3v) is 8.96. The van der Waals surface area contributed by atoms with Crippen molar-refractivity contribution in [2.45, 2.75) is 64.9 Å². The first-order chi connectivity index (χ1) is 18.9. The molecule has 1 N–H and O–H groups in total. The molecule has 7 nitrogen and oxygen atoms in total. The largest absolute Gasteiger partial charge is 0.354 e. The molecule has 0 bridgehead atoms. The van der Waals surface area contributed by atoms with Gasteiger partial charge in [-0.2, -0.15) is 0 Å². The molecule has 0 saturated heterocycles. The van der Waals surface area contributed by atoms with Crippen molar-refractivity contribution < 1.29 is 18.0 Å². The Labute approximate surface area is 246 Å². The summed E-state index contributed by atoms with van der Waals surface area (Å²) < 4.78 is 30.0. The lowest BCUT2D eigenvalue weighted by Gasteiger charge is -2.32. The van der Waals surface area contributed by atoms with Crippen molar-refractivity contribution in [1.82, 2.24) is 10.2 Å². The number of nitrogens with one attached hydrogen (secondary N) is 1. The van der Waals surface area contributed by atoms with Crippen LogP contribution in [0.3, 0.4) is 0 Å². The number of aryl methyl sites for hydroxylation is 3. The quantitative estimate of drug-likeness (QED) is 0.253. The summed E-state index contributed by atoms with van der Waals surface area (Å²) in [4.78, 5) is 28.6. The molecule has 0 fully saturated rings. The van der Waals surface area contributed by atoms with Crippen LogP contribution in [0.5, 0.6) is 0 Å². The lowest BCUT2D eigenvalue weighted by molar-refractivity contribution is -0.139. The number of halogens is 1. The number of unbranched alkanes of at least 4 members (excludes halogenated alkanes) is 1. The second-order valence-corrected chi connectivity index (χ2v) is 12.9. The summed E-state index contributed by atoms with van der Waals surface area (Å²) in [6.07, 6.45) is 1.76. The van der Waals surface area contributed by atoms with Crippen LogP contribution in [0.2, 0.25) is 0 Å². The minimum Gasteiger partial charge on any atom is -0.354 e. The van der Waals surface area contributed by atoms with Gasteiger partial charge in [0.2, 0.25) is 11.8 Å². The molecule has 214 valence electrons. The van der Waals surface area contributed by atoms with E-state index in [0.29, 0.717) is 12.2 Å². The molecule has 0 unspecified atom stereocenters. The molecule has 40 heavy (non-hydrogen) atoms. The van der Waals surface area contributed by atoms with Gasteiger partial charge in [-0.05, 0) is 87.2 Å². The average molecular weight is 629 g/mol. The van der Waals surface area contributed by atoms with Gasteiger partial charge < -0.3 is 10.2 Å². The monoisotopic (exact) mass is 627 g/mol. The minimum absolute atomic E-state index is 0.0925.